The summed E-state index contributed by atoms with van der Waals surface area (Å²) in [6.45, 7) is 3.65. The van der Waals surface area contributed by atoms with Gasteiger partial charge >= 0.3 is 0 Å². The Morgan fingerprint density at radius 2 is 0.800 bits per heavy atom. The fraction of sp³-hybridized carbons (Fsp3) is 0.982. The number of hydrogen-bond donors (Lipinski definition) is 7. The quantitative estimate of drug-likeness (QED) is 0.0294. The summed E-state index contributed by atoms with van der Waals surface area (Å²) in [5.74, 6) is -0.250. The molecule has 1 aliphatic heterocycles. The Bertz CT molecular complexity index is 1000. The molecule has 8 atom stereocenters. The summed E-state index contributed by atoms with van der Waals surface area (Å²) in [5.41, 5.74) is 0. The van der Waals surface area contributed by atoms with E-state index >= 15 is 0 Å². The van der Waals surface area contributed by atoms with Gasteiger partial charge in [0.25, 0.3) is 0 Å². The number of nitrogens with one attached hydrogen (secondary N) is 1. The number of amides is 1. The maximum atomic E-state index is 13.1. The lowest BCUT2D eigenvalue weighted by atomic mass is 9.98. The van der Waals surface area contributed by atoms with Crippen molar-refractivity contribution in [3.8, 4) is 0 Å². The molecule has 388 valence electrons. The van der Waals surface area contributed by atoms with Crippen molar-refractivity contribution in [2.24, 2.45) is 0 Å². The zero-order valence-corrected chi connectivity index (χ0v) is 42.6. The summed E-state index contributed by atoms with van der Waals surface area (Å²) in [5, 5.41) is 65.5. The molecule has 7 N–H and O–H groups in total. The van der Waals surface area contributed by atoms with Gasteiger partial charge in [-0.05, 0) is 12.8 Å². The van der Waals surface area contributed by atoms with Crippen molar-refractivity contribution in [1.82, 2.24) is 5.32 Å². The lowest BCUT2D eigenvalue weighted by molar-refractivity contribution is -0.303. The Labute approximate surface area is 400 Å². The molecule has 1 rings (SSSR count). The van der Waals surface area contributed by atoms with E-state index in [1.165, 1.54) is 218 Å². The highest BCUT2D eigenvalue weighted by Crippen LogP contribution is 2.23. The summed E-state index contributed by atoms with van der Waals surface area (Å²) in [4.78, 5) is 13.1. The number of carbonyl (C=O) groups is 1. The number of rotatable bonds is 49. The minimum absolute atomic E-state index is 0.250. The molecule has 1 heterocycles. The third-order valence-corrected chi connectivity index (χ3v) is 14.1. The van der Waals surface area contributed by atoms with Gasteiger partial charge in [-0.15, -0.1) is 0 Å². The lowest BCUT2D eigenvalue weighted by Gasteiger charge is -2.40. The van der Waals surface area contributed by atoms with Crippen molar-refractivity contribution < 1.29 is 44.9 Å². The van der Waals surface area contributed by atoms with Crippen molar-refractivity contribution in [3.05, 3.63) is 0 Å². The Kier molecular flexibility index (Phi) is 43.6. The summed E-state index contributed by atoms with van der Waals surface area (Å²) >= 11 is 0. The van der Waals surface area contributed by atoms with Gasteiger partial charge in [0.05, 0.1) is 25.4 Å². The largest absolute Gasteiger partial charge is 0.394 e. The topological polar surface area (TPSA) is 169 Å². The number of unbranched alkanes of at least 4 members (excludes halogenated alkanes) is 38. The van der Waals surface area contributed by atoms with Gasteiger partial charge < -0.3 is 45.4 Å². The summed E-state index contributed by atoms with van der Waals surface area (Å²) < 4.78 is 11.2. The Balaban J connectivity index is 2.23. The molecule has 0 aromatic rings. The monoisotopic (exact) mass is 928 g/mol. The van der Waals surface area contributed by atoms with Crippen LogP contribution in [0.2, 0.25) is 0 Å². The molecule has 0 saturated carbocycles. The number of ether oxygens (including phenoxy) is 2. The molecule has 65 heavy (non-hydrogen) atoms. The van der Waals surface area contributed by atoms with E-state index in [1.807, 2.05) is 0 Å². The smallest absolute Gasteiger partial charge is 0.220 e. The van der Waals surface area contributed by atoms with E-state index in [0.29, 0.717) is 6.42 Å². The summed E-state index contributed by atoms with van der Waals surface area (Å²) in [6, 6.07) is -0.986. The molecule has 1 amide bonds. The Hall–Kier alpha value is -0.850. The van der Waals surface area contributed by atoms with Crippen molar-refractivity contribution in [2.45, 2.75) is 332 Å². The minimum Gasteiger partial charge on any atom is -0.394 e. The number of aliphatic hydroxyl groups is 6. The van der Waals surface area contributed by atoms with Crippen LogP contribution in [-0.2, 0) is 14.3 Å². The van der Waals surface area contributed by atoms with E-state index in [4.69, 9.17) is 9.47 Å². The van der Waals surface area contributed by atoms with Crippen LogP contribution < -0.4 is 5.32 Å². The highest BCUT2D eigenvalue weighted by atomic mass is 16.7. The maximum absolute atomic E-state index is 13.1. The van der Waals surface area contributed by atoms with Gasteiger partial charge in [-0.3, -0.25) is 4.79 Å². The minimum atomic E-state index is -1.60. The standard InChI is InChI=1S/C55H109NO9/c1-3-5-7-9-11-13-15-17-19-20-21-22-23-24-25-26-27-28-30-32-34-36-38-40-42-44-50(59)56-47(46-64-55-54(63)53(62)52(61)49(45-57)65-55)51(60)48(58)43-41-39-37-35-33-31-29-18-16-14-12-10-8-6-4-2/h47-49,51-55,57-58,60-63H,3-46H2,1-2H3,(H,56,59)/t47-,48+,49+,51-,52+,53?,54?,55+/m0/s1. The van der Waals surface area contributed by atoms with Gasteiger partial charge in [0.2, 0.25) is 5.91 Å². The molecule has 0 aliphatic carbocycles. The van der Waals surface area contributed by atoms with E-state index in [0.717, 1.165) is 38.5 Å². The fourth-order valence-electron chi connectivity index (χ4n) is 9.50. The number of aliphatic hydroxyl groups excluding tert-OH is 6. The summed E-state index contributed by atoms with van der Waals surface area (Å²) in [6.07, 6.45) is 42.6. The van der Waals surface area contributed by atoms with Crippen LogP contribution in [0.25, 0.3) is 0 Å². The number of hydrogen-bond acceptors (Lipinski definition) is 9. The second kappa shape index (κ2) is 45.6. The van der Waals surface area contributed by atoms with Gasteiger partial charge in [-0.2, -0.15) is 0 Å². The molecule has 1 fully saturated rings. The maximum Gasteiger partial charge on any atom is 0.220 e. The van der Waals surface area contributed by atoms with E-state index in [-0.39, 0.29) is 18.9 Å². The van der Waals surface area contributed by atoms with Crippen molar-refractivity contribution in [2.75, 3.05) is 13.2 Å². The first-order chi connectivity index (χ1) is 31.8. The van der Waals surface area contributed by atoms with E-state index in [1.54, 1.807) is 0 Å². The second-order valence-electron chi connectivity index (χ2n) is 20.2. The predicted molar refractivity (Wildman–Crippen MR) is 269 cm³/mol. The molecule has 1 saturated heterocycles. The molecular weight excluding hydrogens is 819 g/mol. The first-order valence-electron chi connectivity index (χ1n) is 28.3. The van der Waals surface area contributed by atoms with Gasteiger partial charge in [-0.1, -0.05) is 264 Å². The Morgan fingerprint density at radius 1 is 0.477 bits per heavy atom. The molecule has 10 nitrogen and oxygen atoms in total. The van der Waals surface area contributed by atoms with Crippen molar-refractivity contribution >= 4 is 5.91 Å². The normalized spacial score (nSPS) is 20.3. The fourth-order valence-corrected chi connectivity index (χ4v) is 9.50. The van der Waals surface area contributed by atoms with Gasteiger partial charge in [0.15, 0.2) is 6.29 Å². The van der Waals surface area contributed by atoms with Crippen LogP contribution in [0, 0.1) is 0 Å². The van der Waals surface area contributed by atoms with E-state index in [9.17, 15) is 35.4 Å². The molecule has 2 unspecified atom stereocenters. The van der Waals surface area contributed by atoms with Crippen LogP contribution in [0.1, 0.15) is 284 Å². The van der Waals surface area contributed by atoms with Crippen LogP contribution in [0.5, 0.6) is 0 Å². The third kappa shape index (κ3) is 35.0. The van der Waals surface area contributed by atoms with Crippen molar-refractivity contribution in [1.29, 1.82) is 0 Å². The Morgan fingerprint density at radius 3 is 1.14 bits per heavy atom. The summed E-state index contributed by atoms with van der Waals surface area (Å²) in [7, 11) is 0. The van der Waals surface area contributed by atoms with Crippen LogP contribution in [0.4, 0.5) is 0 Å². The van der Waals surface area contributed by atoms with Crippen LogP contribution >= 0.6 is 0 Å². The van der Waals surface area contributed by atoms with Gasteiger partial charge in [0.1, 0.15) is 30.5 Å². The third-order valence-electron chi connectivity index (χ3n) is 14.1. The molecule has 0 aromatic heterocycles. The predicted octanol–water partition coefficient (Wildman–Crippen LogP) is 12.4. The molecule has 1 aliphatic rings. The van der Waals surface area contributed by atoms with Crippen molar-refractivity contribution in [3.63, 3.8) is 0 Å². The van der Waals surface area contributed by atoms with Crippen LogP contribution in [-0.4, -0.2) is 98.7 Å². The SMILES string of the molecule is CCCCCCCCCCCCCCCCCCCCCCCCCCCC(=O)N[C@@H](CO[C@@H]1O[C@H](CO)[C@@H](O)C(O)C1O)[C@H](O)[C@H](O)CCCCCCCCCCCCCCCCC. The van der Waals surface area contributed by atoms with E-state index < -0.39 is 55.6 Å². The average molecular weight is 928 g/mol. The zero-order valence-electron chi connectivity index (χ0n) is 42.6. The first-order valence-corrected chi connectivity index (χ1v) is 28.3. The van der Waals surface area contributed by atoms with Gasteiger partial charge in [-0.25, -0.2) is 0 Å². The highest BCUT2D eigenvalue weighted by Gasteiger charge is 2.44. The van der Waals surface area contributed by atoms with Gasteiger partial charge in [0, 0.05) is 6.42 Å². The molecule has 0 spiro atoms. The average Bonchev–Trinajstić information content (AvgIpc) is 3.31. The molecule has 0 bridgehead atoms. The molecule has 10 heteroatoms. The second-order valence-corrected chi connectivity index (χ2v) is 20.2. The highest BCUT2D eigenvalue weighted by molar-refractivity contribution is 5.76. The first kappa shape index (κ1) is 62.2. The lowest BCUT2D eigenvalue weighted by Crippen LogP contribution is -2.60. The van der Waals surface area contributed by atoms with Crippen LogP contribution in [0.15, 0.2) is 0 Å². The molecular formula is C55H109NO9. The van der Waals surface area contributed by atoms with E-state index in [2.05, 4.69) is 19.2 Å². The zero-order chi connectivity index (χ0) is 47.4. The van der Waals surface area contributed by atoms with Crippen LogP contribution in [0.3, 0.4) is 0 Å². The number of carbonyl (C=O) groups excluding carboxylic acids is 1. The molecule has 0 aromatic carbocycles. The molecule has 0 radical (unpaired) electrons.